The molecular formula is C23H23N3O3. The van der Waals surface area contributed by atoms with E-state index in [2.05, 4.69) is 11.1 Å². The molecule has 0 bridgehead atoms. The van der Waals surface area contributed by atoms with E-state index in [-0.39, 0.29) is 24.4 Å². The Kier molecular flexibility index (Phi) is 4.36. The highest BCUT2D eigenvalue weighted by Gasteiger charge is 2.46. The fourth-order valence-electron chi connectivity index (χ4n) is 4.57. The highest BCUT2D eigenvalue weighted by Crippen LogP contribution is 2.39. The minimum Gasteiger partial charge on any atom is -0.374 e. The number of aromatic amines is 1. The topological polar surface area (TPSA) is 65.6 Å². The molecule has 6 nitrogen and oxygen atoms in total. The average Bonchev–Trinajstić information content (AvgIpc) is 3.11. The number of hydrogen-bond donors (Lipinski definition) is 1. The van der Waals surface area contributed by atoms with Gasteiger partial charge in [0.2, 0.25) is 11.8 Å². The average molecular weight is 389 g/mol. The first-order valence-corrected chi connectivity index (χ1v) is 9.91. The summed E-state index contributed by atoms with van der Waals surface area (Å²) in [6.07, 6.45) is 0.531. The van der Waals surface area contributed by atoms with Crippen LogP contribution in [0.15, 0.2) is 54.6 Å². The summed E-state index contributed by atoms with van der Waals surface area (Å²) in [5.41, 5.74) is 4.21. The summed E-state index contributed by atoms with van der Waals surface area (Å²) in [7, 11) is 1.70. The number of piperazine rings is 1. The SMILES string of the molecule is CN1CC(=O)N2[C@H](Cc3c([nH]c4ccccc34)[C@H]2COCc2ccccc2)C1=O. The first-order chi connectivity index (χ1) is 14.1. The molecule has 0 saturated carbocycles. The van der Waals surface area contributed by atoms with Gasteiger partial charge >= 0.3 is 0 Å². The number of nitrogens with one attached hydrogen (secondary N) is 1. The van der Waals surface area contributed by atoms with Crippen molar-refractivity contribution in [3.05, 3.63) is 71.4 Å². The number of para-hydroxylation sites is 1. The maximum absolute atomic E-state index is 12.9. The minimum absolute atomic E-state index is 0.00593. The number of ether oxygens (including phenoxy) is 1. The molecule has 0 spiro atoms. The molecule has 6 heteroatoms. The van der Waals surface area contributed by atoms with Crippen molar-refractivity contribution in [3.63, 3.8) is 0 Å². The second-order valence-corrected chi connectivity index (χ2v) is 7.79. The van der Waals surface area contributed by atoms with Gasteiger partial charge in [-0.3, -0.25) is 9.59 Å². The van der Waals surface area contributed by atoms with E-state index >= 15 is 0 Å². The van der Waals surface area contributed by atoms with Crippen molar-refractivity contribution < 1.29 is 14.3 Å². The van der Waals surface area contributed by atoms with Gasteiger partial charge in [0, 0.05) is 30.1 Å². The van der Waals surface area contributed by atoms with Crippen LogP contribution in [0.25, 0.3) is 10.9 Å². The van der Waals surface area contributed by atoms with E-state index < -0.39 is 6.04 Å². The molecule has 29 heavy (non-hydrogen) atoms. The van der Waals surface area contributed by atoms with E-state index in [1.54, 1.807) is 11.9 Å². The molecule has 2 aliphatic rings. The van der Waals surface area contributed by atoms with Crippen LogP contribution in [0.5, 0.6) is 0 Å². The van der Waals surface area contributed by atoms with Crippen LogP contribution in [0.1, 0.15) is 22.9 Å². The number of H-pyrrole nitrogens is 1. The van der Waals surface area contributed by atoms with Crippen molar-refractivity contribution in [3.8, 4) is 0 Å². The largest absolute Gasteiger partial charge is 0.374 e. The number of likely N-dealkylation sites (N-methyl/N-ethyl adjacent to an activating group) is 1. The van der Waals surface area contributed by atoms with Crippen molar-refractivity contribution in [2.45, 2.75) is 25.1 Å². The predicted octanol–water partition coefficient (Wildman–Crippen LogP) is 2.65. The van der Waals surface area contributed by atoms with Gasteiger partial charge in [-0.1, -0.05) is 48.5 Å². The third-order valence-corrected chi connectivity index (χ3v) is 5.96. The van der Waals surface area contributed by atoms with E-state index in [0.717, 1.165) is 27.7 Å². The zero-order chi connectivity index (χ0) is 20.0. The van der Waals surface area contributed by atoms with Crippen LogP contribution in [0.4, 0.5) is 0 Å². The van der Waals surface area contributed by atoms with Gasteiger partial charge in [0.15, 0.2) is 0 Å². The van der Waals surface area contributed by atoms with Crippen LogP contribution in [-0.4, -0.2) is 52.8 Å². The smallest absolute Gasteiger partial charge is 0.245 e. The molecule has 3 aromatic rings. The number of fused-ring (bicyclic) bond motifs is 4. The Morgan fingerprint density at radius 1 is 1.07 bits per heavy atom. The Hall–Kier alpha value is -3.12. The normalized spacial score (nSPS) is 21.4. The number of hydrogen-bond acceptors (Lipinski definition) is 3. The number of amides is 2. The summed E-state index contributed by atoms with van der Waals surface area (Å²) in [5, 5.41) is 1.11. The van der Waals surface area contributed by atoms with Crippen LogP contribution < -0.4 is 0 Å². The second-order valence-electron chi connectivity index (χ2n) is 7.79. The molecule has 1 fully saturated rings. The fraction of sp³-hybridized carbons (Fsp3) is 0.304. The van der Waals surface area contributed by atoms with E-state index in [1.807, 2.05) is 48.5 Å². The Morgan fingerprint density at radius 3 is 2.66 bits per heavy atom. The first kappa shape index (κ1) is 17.9. The Balaban J connectivity index is 1.51. The lowest BCUT2D eigenvalue weighted by molar-refractivity contribution is -0.160. The van der Waals surface area contributed by atoms with Gasteiger partial charge < -0.3 is 19.5 Å². The molecule has 5 rings (SSSR count). The lowest BCUT2D eigenvalue weighted by Gasteiger charge is -2.46. The van der Waals surface area contributed by atoms with Crippen molar-refractivity contribution in [1.82, 2.24) is 14.8 Å². The highest BCUT2D eigenvalue weighted by atomic mass is 16.5. The number of rotatable bonds is 4. The van der Waals surface area contributed by atoms with Crippen LogP contribution in [0, 0.1) is 0 Å². The Labute approximate surface area is 169 Å². The van der Waals surface area contributed by atoms with Crippen LogP contribution >= 0.6 is 0 Å². The summed E-state index contributed by atoms with van der Waals surface area (Å²) >= 11 is 0. The summed E-state index contributed by atoms with van der Waals surface area (Å²) in [4.78, 5) is 32.6. The summed E-state index contributed by atoms with van der Waals surface area (Å²) in [5.74, 6) is -0.0386. The van der Waals surface area contributed by atoms with Gasteiger partial charge in [0.1, 0.15) is 6.04 Å². The molecule has 148 valence electrons. The van der Waals surface area contributed by atoms with Gasteiger partial charge in [-0.25, -0.2) is 0 Å². The summed E-state index contributed by atoms with van der Waals surface area (Å²) < 4.78 is 6.03. The molecule has 2 aliphatic heterocycles. The van der Waals surface area contributed by atoms with Crippen LogP contribution in [0.3, 0.4) is 0 Å². The molecule has 2 amide bonds. The molecule has 2 atom stereocenters. The molecule has 0 radical (unpaired) electrons. The fourth-order valence-corrected chi connectivity index (χ4v) is 4.57. The monoisotopic (exact) mass is 389 g/mol. The third kappa shape index (κ3) is 3.00. The molecule has 1 saturated heterocycles. The minimum atomic E-state index is -0.474. The first-order valence-electron chi connectivity index (χ1n) is 9.91. The van der Waals surface area contributed by atoms with E-state index in [0.29, 0.717) is 19.6 Å². The molecule has 2 aromatic carbocycles. The zero-order valence-corrected chi connectivity index (χ0v) is 16.3. The van der Waals surface area contributed by atoms with Gasteiger partial charge in [-0.2, -0.15) is 0 Å². The van der Waals surface area contributed by atoms with E-state index in [4.69, 9.17) is 4.74 Å². The van der Waals surface area contributed by atoms with E-state index in [9.17, 15) is 9.59 Å². The number of benzene rings is 2. The van der Waals surface area contributed by atoms with Gasteiger partial charge in [0.25, 0.3) is 0 Å². The molecule has 0 unspecified atom stereocenters. The molecule has 0 aliphatic carbocycles. The number of carbonyl (C=O) groups excluding carboxylic acids is 2. The highest BCUT2D eigenvalue weighted by molar-refractivity contribution is 5.97. The Morgan fingerprint density at radius 2 is 1.83 bits per heavy atom. The lowest BCUT2D eigenvalue weighted by atomic mass is 9.89. The summed E-state index contributed by atoms with van der Waals surface area (Å²) in [6.45, 7) is 0.918. The quantitative estimate of drug-likeness (QED) is 0.746. The van der Waals surface area contributed by atoms with E-state index in [1.165, 1.54) is 4.90 Å². The van der Waals surface area contributed by atoms with Gasteiger partial charge in [-0.15, -0.1) is 0 Å². The maximum Gasteiger partial charge on any atom is 0.245 e. The predicted molar refractivity (Wildman–Crippen MR) is 109 cm³/mol. The molecule has 1 N–H and O–H groups in total. The standard InChI is InChI=1S/C23H23N3O3/c1-25-12-21(27)26-19(23(25)28)11-17-16-9-5-6-10-18(16)24-22(17)20(26)14-29-13-15-7-3-2-4-8-15/h2-10,19-20,24H,11-14H2,1H3/t19-,20-/m1/s1. The van der Waals surface area contributed by atoms with Crippen molar-refractivity contribution in [2.24, 2.45) is 0 Å². The number of carbonyl (C=O) groups is 2. The zero-order valence-electron chi connectivity index (χ0n) is 16.3. The van der Waals surface area contributed by atoms with Crippen molar-refractivity contribution in [1.29, 1.82) is 0 Å². The second kappa shape index (κ2) is 7.04. The van der Waals surface area contributed by atoms with Crippen molar-refractivity contribution >= 4 is 22.7 Å². The third-order valence-electron chi connectivity index (χ3n) is 5.96. The maximum atomic E-state index is 12.9. The van der Waals surface area contributed by atoms with Crippen molar-refractivity contribution in [2.75, 3.05) is 20.2 Å². The molecule has 3 heterocycles. The Bertz CT molecular complexity index is 1080. The van der Waals surface area contributed by atoms with Gasteiger partial charge in [-0.05, 0) is 17.2 Å². The lowest BCUT2D eigenvalue weighted by Crippen LogP contribution is -2.62. The molecule has 1 aromatic heterocycles. The van der Waals surface area contributed by atoms with Crippen LogP contribution in [-0.2, 0) is 27.4 Å². The number of nitrogens with zero attached hydrogens (tertiary/aromatic N) is 2. The number of aromatic nitrogens is 1. The van der Waals surface area contributed by atoms with Gasteiger partial charge in [0.05, 0.1) is 25.8 Å². The van der Waals surface area contributed by atoms with Crippen LogP contribution in [0.2, 0.25) is 0 Å². The molecular weight excluding hydrogens is 366 g/mol. The summed E-state index contributed by atoms with van der Waals surface area (Å²) in [6, 6.07) is 17.3.